The first-order valence-electron chi connectivity index (χ1n) is 6.88. The molecule has 2 aromatic heterocycles. The molecule has 114 valence electrons. The van der Waals surface area contributed by atoms with Gasteiger partial charge in [-0.3, -0.25) is 0 Å². The molecule has 0 fully saturated rings. The number of aromatic nitrogens is 3. The summed E-state index contributed by atoms with van der Waals surface area (Å²) >= 11 is 0. The molecule has 6 nitrogen and oxygen atoms in total. The Hall–Kier alpha value is -3.41. The molecule has 0 amide bonds. The Labute approximate surface area is 132 Å². The van der Waals surface area contributed by atoms with E-state index in [1.807, 2.05) is 30.3 Å². The van der Waals surface area contributed by atoms with Crippen LogP contribution in [0.25, 0.3) is 28.7 Å². The fraction of sp³-hybridized carbons (Fsp3) is 0. The summed E-state index contributed by atoms with van der Waals surface area (Å²) in [6, 6.07) is 10.9. The monoisotopic (exact) mass is 306 g/mol. The van der Waals surface area contributed by atoms with Crippen molar-refractivity contribution in [3.05, 3.63) is 60.3 Å². The molecule has 23 heavy (non-hydrogen) atoms. The van der Waals surface area contributed by atoms with E-state index in [1.54, 1.807) is 6.07 Å². The fourth-order valence-corrected chi connectivity index (χ4v) is 2.48. The number of carbonyl (C=O) groups is 1. The van der Waals surface area contributed by atoms with E-state index in [9.17, 15) is 9.90 Å². The predicted molar refractivity (Wildman–Crippen MR) is 88.7 cm³/mol. The van der Waals surface area contributed by atoms with Gasteiger partial charge >= 0.3 is 5.97 Å². The number of hydrogen-bond acceptors (Lipinski definition) is 4. The van der Waals surface area contributed by atoms with Gasteiger partial charge in [0.05, 0.1) is 22.6 Å². The minimum absolute atomic E-state index is 0.116. The van der Waals surface area contributed by atoms with E-state index < -0.39 is 5.97 Å². The van der Waals surface area contributed by atoms with E-state index in [2.05, 4.69) is 21.5 Å². The summed E-state index contributed by atoms with van der Waals surface area (Å²) in [5, 5.41) is 9.63. The Balaban J connectivity index is 2.30. The molecule has 0 atom stereocenters. The maximum atomic E-state index is 11.8. The van der Waals surface area contributed by atoms with Gasteiger partial charge in [0.25, 0.3) is 0 Å². The van der Waals surface area contributed by atoms with Crippen LogP contribution in [0.3, 0.4) is 0 Å². The summed E-state index contributed by atoms with van der Waals surface area (Å²) in [4.78, 5) is 22.9. The molecular formula is C17H14N4O2. The number of nitrogen functional groups attached to an aromatic ring is 1. The first kappa shape index (κ1) is 14.5. The summed E-state index contributed by atoms with van der Waals surface area (Å²) in [5.74, 6) is -0.923. The molecule has 0 saturated carbocycles. The average molecular weight is 306 g/mol. The van der Waals surface area contributed by atoms with Gasteiger partial charge in [-0.05, 0) is 11.6 Å². The van der Waals surface area contributed by atoms with Crippen LogP contribution in [-0.4, -0.2) is 26.0 Å². The zero-order valence-corrected chi connectivity index (χ0v) is 12.2. The smallest absolute Gasteiger partial charge is 0.338 e. The lowest BCUT2D eigenvalue weighted by molar-refractivity contribution is 0.0698. The van der Waals surface area contributed by atoms with Crippen molar-refractivity contribution in [3.8, 4) is 22.6 Å². The number of rotatable bonds is 4. The maximum absolute atomic E-state index is 11.8. The zero-order valence-electron chi connectivity index (χ0n) is 12.2. The number of carboxylic acids is 1. The van der Waals surface area contributed by atoms with Crippen LogP contribution in [0.1, 0.15) is 15.9 Å². The Morgan fingerprint density at radius 3 is 2.57 bits per heavy atom. The number of benzene rings is 1. The lowest BCUT2D eigenvalue weighted by Crippen LogP contribution is -1.99. The van der Waals surface area contributed by atoms with Crippen LogP contribution < -0.4 is 5.73 Å². The summed E-state index contributed by atoms with van der Waals surface area (Å²) in [7, 11) is 0. The number of anilines is 1. The Morgan fingerprint density at radius 1 is 1.22 bits per heavy atom. The van der Waals surface area contributed by atoms with Gasteiger partial charge in [-0.25, -0.2) is 14.8 Å². The third-order valence-corrected chi connectivity index (χ3v) is 3.45. The number of H-pyrrole nitrogens is 1. The third-order valence-electron chi connectivity index (χ3n) is 3.45. The number of aromatic carboxylic acids is 1. The number of aromatic amines is 1. The molecule has 0 bridgehead atoms. The summed E-state index contributed by atoms with van der Waals surface area (Å²) < 4.78 is 0. The van der Waals surface area contributed by atoms with Crippen molar-refractivity contribution in [1.82, 2.24) is 15.0 Å². The second-order valence-electron chi connectivity index (χ2n) is 4.84. The number of nitrogens with one attached hydrogen (secondary N) is 1. The lowest BCUT2D eigenvalue weighted by Gasteiger charge is -2.01. The average Bonchev–Trinajstić information content (AvgIpc) is 2.95. The van der Waals surface area contributed by atoms with Crippen LogP contribution >= 0.6 is 0 Å². The van der Waals surface area contributed by atoms with Crippen LogP contribution in [0.4, 0.5) is 5.95 Å². The summed E-state index contributed by atoms with van der Waals surface area (Å²) in [6.07, 6.45) is 3.02. The third kappa shape index (κ3) is 2.57. The van der Waals surface area contributed by atoms with Crippen molar-refractivity contribution in [1.29, 1.82) is 0 Å². The summed E-state index contributed by atoms with van der Waals surface area (Å²) in [6.45, 7) is 3.73. The van der Waals surface area contributed by atoms with Gasteiger partial charge in [-0.15, -0.1) is 0 Å². The highest BCUT2D eigenvalue weighted by Gasteiger charge is 2.23. The molecule has 3 rings (SSSR count). The van der Waals surface area contributed by atoms with Gasteiger partial charge in [0, 0.05) is 11.8 Å². The predicted octanol–water partition coefficient (Wildman–Crippen LogP) is 3.06. The highest BCUT2D eigenvalue weighted by atomic mass is 16.4. The van der Waals surface area contributed by atoms with Crippen molar-refractivity contribution in [3.63, 3.8) is 0 Å². The SMILES string of the molecule is C=Cc1c(-c2ccnc(N)n2)[nH]c(-c2ccccc2)c1C(=O)O. The molecule has 3 aromatic rings. The van der Waals surface area contributed by atoms with Crippen LogP contribution in [0.2, 0.25) is 0 Å². The second kappa shape index (κ2) is 5.76. The molecule has 0 aliphatic carbocycles. The van der Waals surface area contributed by atoms with Crippen molar-refractivity contribution >= 4 is 18.0 Å². The molecule has 0 aliphatic heterocycles. The molecule has 0 aliphatic rings. The van der Waals surface area contributed by atoms with Gasteiger partial charge in [-0.2, -0.15) is 0 Å². The second-order valence-corrected chi connectivity index (χ2v) is 4.84. The van der Waals surface area contributed by atoms with Crippen molar-refractivity contribution in [2.45, 2.75) is 0 Å². The van der Waals surface area contributed by atoms with E-state index in [0.717, 1.165) is 5.56 Å². The lowest BCUT2D eigenvalue weighted by atomic mass is 10.0. The van der Waals surface area contributed by atoms with Gasteiger partial charge in [0.1, 0.15) is 0 Å². The van der Waals surface area contributed by atoms with Crippen LogP contribution in [0, 0.1) is 0 Å². The molecular weight excluding hydrogens is 292 g/mol. The van der Waals surface area contributed by atoms with Gasteiger partial charge < -0.3 is 15.8 Å². The highest BCUT2D eigenvalue weighted by Crippen LogP contribution is 2.34. The van der Waals surface area contributed by atoms with Gasteiger partial charge in [0.2, 0.25) is 5.95 Å². The van der Waals surface area contributed by atoms with E-state index >= 15 is 0 Å². The first-order chi connectivity index (χ1) is 11.1. The number of nitrogens with zero attached hydrogens (tertiary/aromatic N) is 2. The minimum Gasteiger partial charge on any atom is -0.478 e. The minimum atomic E-state index is -1.04. The highest BCUT2D eigenvalue weighted by molar-refractivity contribution is 6.02. The van der Waals surface area contributed by atoms with E-state index in [4.69, 9.17) is 5.73 Å². The molecule has 4 N–H and O–H groups in total. The van der Waals surface area contributed by atoms with E-state index in [-0.39, 0.29) is 11.5 Å². The topological polar surface area (TPSA) is 105 Å². The van der Waals surface area contributed by atoms with Gasteiger partial charge in [-0.1, -0.05) is 43.0 Å². The van der Waals surface area contributed by atoms with E-state index in [1.165, 1.54) is 12.3 Å². The Morgan fingerprint density at radius 2 is 1.96 bits per heavy atom. The molecule has 1 aromatic carbocycles. The fourth-order valence-electron chi connectivity index (χ4n) is 2.48. The largest absolute Gasteiger partial charge is 0.478 e. The van der Waals surface area contributed by atoms with Crippen molar-refractivity contribution < 1.29 is 9.90 Å². The van der Waals surface area contributed by atoms with Crippen molar-refractivity contribution in [2.24, 2.45) is 0 Å². The first-order valence-corrected chi connectivity index (χ1v) is 6.88. The van der Waals surface area contributed by atoms with Gasteiger partial charge in [0.15, 0.2) is 0 Å². The molecule has 6 heteroatoms. The molecule has 0 spiro atoms. The molecule has 2 heterocycles. The molecule has 0 saturated heterocycles. The summed E-state index contributed by atoms with van der Waals surface area (Å²) in [5.41, 5.74) is 8.57. The maximum Gasteiger partial charge on any atom is 0.338 e. The number of nitrogens with two attached hydrogens (primary N) is 1. The van der Waals surface area contributed by atoms with E-state index in [0.29, 0.717) is 22.6 Å². The zero-order chi connectivity index (χ0) is 16.4. The molecule has 0 unspecified atom stereocenters. The quantitative estimate of drug-likeness (QED) is 0.687. The number of carboxylic acid groups (broad SMARTS) is 1. The normalized spacial score (nSPS) is 10.4. The van der Waals surface area contributed by atoms with Crippen molar-refractivity contribution in [2.75, 3.05) is 5.73 Å². The Bertz CT molecular complexity index is 885. The Kier molecular flexibility index (Phi) is 3.64. The van der Waals surface area contributed by atoms with Crippen LogP contribution in [0.15, 0.2) is 49.2 Å². The number of hydrogen-bond donors (Lipinski definition) is 3. The van der Waals surface area contributed by atoms with Crippen LogP contribution in [-0.2, 0) is 0 Å². The van der Waals surface area contributed by atoms with Crippen LogP contribution in [0.5, 0.6) is 0 Å². The molecule has 0 radical (unpaired) electrons. The standard InChI is InChI=1S/C17H14N4O2/c1-2-11-13(16(22)23)14(10-6-4-3-5-7-10)21-15(11)12-8-9-19-17(18)20-12/h2-9,21H,1H2,(H,22,23)(H2,18,19,20).